The first-order valence-corrected chi connectivity index (χ1v) is 10.1. The molecule has 0 aliphatic heterocycles. The first-order valence-electron chi connectivity index (χ1n) is 9.32. The van der Waals surface area contributed by atoms with E-state index < -0.39 is 0 Å². The quantitative estimate of drug-likeness (QED) is 0.438. The predicted molar refractivity (Wildman–Crippen MR) is 120 cm³/mol. The Bertz CT molecular complexity index is 1200. The number of hydrogen-bond acceptors (Lipinski definition) is 6. The Kier molecular flexibility index (Phi) is 5.11. The van der Waals surface area contributed by atoms with Crippen molar-refractivity contribution in [1.29, 1.82) is 0 Å². The maximum Gasteiger partial charge on any atom is 0.146 e. The smallest absolute Gasteiger partial charge is 0.146 e. The van der Waals surface area contributed by atoms with Crippen LogP contribution in [0.2, 0.25) is 0 Å². The van der Waals surface area contributed by atoms with Gasteiger partial charge < -0.3 is 14.8 Å². The number of anilines is 2. The lowest BCUT2D eigenvalue weighted by Gasteiger charge is -2.13. The van der Waals surface area contributed by atoms with Crippen molar-refractivity contribution in [3.05, 3.63) is 58.7 Å². The van der Waals surface area contributed by atoms with Gasteiger partial charge in [-0.15, -0.1) is 11.3 Å². The van der Waals surface area contributed by atoms with Crippen LogP contribution >= 0.6 is 11.3 Å². The van der Waals surface area contributed by atoms with Gasteiger partial charge in [0.05, 0.1) is 25.3 Å². The second kappa shape index (κ2) is 7.72. The highest BCUT2D eigenvalue weighted by molar-refractivity contribution is 7.19. The van der Waals surface area contributed by atoms with Crippen molar-refractivity contribution in [2.45, 2.75) is 20.8 Å². The van der Waals surface area contributed by atoms with E-state index in [1.807, 2.05) is 18.2 Å². The van der Waals surface area contributed by atoms with Crippen LogP contribution in [0, 0.1) is 20.8 Å². The van der Waals surface area contributed by atoms with Crippen LogP contribution in [0.25, 0.3) is 21.3 Å². The van der Waals surface area contributed by atoms with Crippen LogP contribution in [0.15, 0.2) is 42.7 Å². The average Bonchev–Trinajstić information content (AvgIpc) is 3.07. The topological polar surface area (TPSA) is 56.3 Å². The Morgan fingerprint density at radius 1 is 0.897 bits per heavy atom. The van der Waals surface area contributed by atoms with Crippen molar-refractivity contribution < 1.29 is 9.47 Å². The molecule has 0 amide bonds. The van der Waals surface area contributed by atoms with Crippen molar-refractivity contribution >= 4 is 33.1 Å². The zero-order valence-corrected chi connectivity index (χ0v) is 18.0. The standard InChI is InChI=1S/C23H23N3O2S/c1-13-6-7-16(10-14(13)2)20-15(3)29-23-21(20)22(24-12-25-23)26-18-9-8-17(27-4)11-19(18)28-5/h6-12H,1-5H3,(H,24,25,26). The minimum absolute atomic E-state index is 0.691. The van der Waals surface area contributed by atoms with Gasteiger partial charge in [-0.2, -0.15) is 0 Å². The molecule has 0 bridgehead atoms. The SMILES string of the molecule is COc1ccc(Nc2ncnc3sc(C)c(-c4ccc(C)c(C)c4)c23)c(OC)c1. The second-order valence-corrected chi connectivity index (χ2v) is 8.13. The number of rotatable bonds is 5. The van der Waals surface area contributed by atoms with Crippen LogP contribution in [0.1, 0.15) is 16.0 Å². The van der Waals surface area contributed by atoms with Crippen LogP contribution < -0.4 is 14.8 Å². The lowest BCUT2D eigenvalue weighted by atomic mass is 9.99. The molecule has 0 aliphatic rings. The lowest BCUT2D eigenvalue weighted by Crippen LogP contribution is -1.99. The molecule has 1 N–H and O–H groups in total. The molecule has 4 rings (SSSR count). The lowest BCUT2D eigenvalue weighted by molar-refractivity contribution is 0.395. The molecule has 0 unspecified atom stereocenters. The van der Waals surface area contributed by atoms with Gasteiger partial charge in [-0.3, -0.25) is 0 Å². The molecule has 0 spiro atoms. The Hall–Kier alpha value is -3.12. The van der Waals surface area contributed by atoms with Crippen LogP contribution in [-0.2, 0) is 0 Å². The van der Waals surface area contributed by atoms with Crippen LogP contribution in [0.5, 0.6) is 11.5 Å². The normalized spacial score (nSPS) is 10.9. The van der Waals surface area contributed by atoms with E-state index in [1.165, 1.54) is 27.1 Å². The van der Waals surface area contributed by atoms with Gasteiger partial charge in [0.2, 0.25) is 0 Å². The summed E-state index contributed by atoms with van der Waals surface area (Å²) in [5.41, 5.74) is 5.72. The van der Waals surface area contributed by atoms with E-state index in [-0.39, 0.29) is 0 Å². The fourth-order valence-corrected chi connectivity index (χ4v) is 4.43. The molecule has 2 aromatic carbocycles. The summed E-state index contributed by atoms with van der Waals surface area (Å²) >= 11 is 1.68. The Balaban J connectivity index is 1.87. The van der Waals surface area contributed by atoms with Crippen molar-refractivity contribution in [3.8, 4) is 22.6 Å². The minimum Gasteiger partial charge on any atom is -0.497 e. The van der Waals surface area contributed by atoms with E-state index in [4.69, 9.17) is 9.47 Å². The molecule has 148 valence electrons. The molecule has 0 saturated carbocycles. The molecular weight excluding hydrogens is 382 g/mol. The molecule has 0 radical (unpaired) electrons. The first kappa shape index (κ1) is 19.2. The van der Waals surface area contributed by atoms with Gasteiger partial charge in [0, 0.05) is 16.5 Å². The van der Waals surface area contributed by atoms with E-state index in [0.29, 0.717) is 5.75 Å². The van der Waals surface area contributed by atoms with Gasteiger partial charge in [0.15, 0.2) is 0 Å². The summed E-state index contributed by atoms with van der Waals surface area (Å²) in [5, 5.41) is 4.47. The molecule has 5 nitrogen and oxygen atoms in total. The second-order valence-electron chi connectivity index (χ2n) is 6.93. The molecule has 0 aliphatic carbocycles. The fourth-order valence-electron chi connectivity index (χ4n) is 3.41. The van der Waals surface area contributed by atoms with E-state index in [9.17, 15) is 0 Å². The number of methoxy groups -OCH3 is 2. The maximum atomic E-state index is 5.54. The van der Waals surface area contributed by atoms with Gasteiger partial charge in [0.25, 0.3) is 0 Å². The number of ether oxygens (including phenoxy) is 2. The molecule has 4 aromatic rings. The molecule has 0 atom stereocenters. The van der Waals surface area contributed by atoms with Gasteiger partial charge in [-0.05, 0) is 49.6 Å². The van der Waals surface area contributed by atoms with E-state index >= 15 is 0 Å². The number of nitrogens with zero attached hydrogens (tertiary/aromatic N) is 2. The minimum atomic E-state index is 0.691. The number of fused-ring (bicyclic) bond motifs is 1. The van der Waals surface area contributed by atoms with Gasteiger partial charge in [-0.1, -0.05) is 18.2 Å². The molecule has 0 saturated heterocycles. The largest absolute Gasteiger partial charge is 0.497 e. The summed E-state index contributed by atoms with van der Waals surface area (Å²) in [4.78, 5) is 11.2. The number of nitrogens with one attached hydrogen (secondary N) is 1. The number of benzene rings is 2. The number of aromatic nitrogens is 2. The number of aryl methyl sites for hydroxylation is 3. The molecule has 2 heterocycles. The highest BCUT2D eigenvalue weighted by Gasteiger charge is 2.18. The zero-order chi connectivity index (χ0) is 20.5. The van der Waals surface area contributed by atoms with Crippen LogP contribution in [0.4, 0.5) is 11.5 Å². The predicted octanol–water partition coefficient (Wildman–Crippen LogP) is 6.04. The Labute approximate surface area is 174 Å². The highest BCUT2D eigenvalue weighted by Crippen LogP contribution is 2.42. The summed E-state index contributed by atoms with van der Waals surface area (Å²) in [5.74, 6) is 2.19. The maximum absolute atomic E-state index is 5.54. The molecule has 6 heteroatoms. The van der Waals surface area contributed by atoms with Crippen LogP contribution in [-0.4, -0.2) is 24.2 Å². The van der Waals surface area contributed by atoms with Gasteiger partial charge in [-0.25, -0.2) is 9.97 Å². The van der Waals surface area contributed by atoms with Crippen molar-refractivity contribution in [2.24, 2.45) is 0 Å². The van der Waals surface area contributed by atoms with Gasteiger partial charge in [0.1, 0.15) is 28.5 Å². The van der Waals surface area contributed by atoms with Crippen molar-refractivity contribution in [3.63, 3.8) is 0 Å². The fraction of sp³-hybridized carbons (Fsp3) is 0.217. The molecule has 2 aromatic heterocycles. The van der Waals surface area contributed by atoms with E-state index in [0.717, 1.165) is 27.5 Å². The third-order valence-corrected chi connectivity index (χ3v) is 6.13. The summed E-state index contributed by atoms with van der Waals surface area (Å²) in [6.45, 7) is 6.40. The molecular formula is C23H23N3O2S. The summed E-state index contributed by atoms with van der Waals surface area (Å²) in [6.07, 6.45) is 1.60. The Morgan fingerprint density at radius 3 is 2.45 bits per heavy atom. The summed E-state index contributed by atoms with van der Waals surface area (Å²) < 4.78 is 10.8. The third-order valence-electron chi connectivity index (χ3n) is 5.12. The number of thiophene rings is 1. The average molecular weight is 406 g/mol. The summed E-state index contributed by atoms with van der Waals surface area (Å²) in [6, 6.07) is 12.2. The van der Waals surface area contributed by atoms with Crippen molar-refractivity contribution in [2.75, 3.05) is 19.5 Å². The monoisotopic (exact) mass is 405 g/mol. The number of hydrogen-bond donors (Lipinski definition) is 1. The van der Waals surface area contributed by atoms with E-state index in [2.05, 4.69) is 54.3 Å². The zero-order valence-electron chi connectivity index (χ0n) is 17.2. The summed E-state index contributed by atoms with van der Waals surface area (Å²) in [7, 11) is 3.28. The molecule has 0 fully saturated rings. The highest BCUT2D eigenvalue weighted by atomic mass is 32.1. The van der Waals surface area contributed by atoms with Gasteiger partial charge >= 0.3 is 0 Å². The first-order chi connectivity index (χ1) is 14.0. The third kappa shape index (κ3) is 3.51. The van der Waals surface area contributed by atoms with E-state index in [1.54, 1.807) is 31.9 Å². The molecule has 29 heavy (non-hydrogen) atoms. The van der Waals surface area contributed by atoms with Crippen molar-refractivity contribution in [1.82, 2.24) is 9.97 Å². The Morgan fingerprint density at radius 2 is 1.72 bits per heavy atom. The van der Waals surface area contributed by atoms with Crippen LogP contribution in [0.3, 0.4) is 0 Å².